The fourth-order valence-corrected chi connectivity index (χ4v) is 2.05. The van der Waals surface area contributed by atoms with Crippen LogP contribution < -0.4 is 11.1 Å². The maximum absolute atomic E-state index is 10.2. The molecule has 2 fully saturated rings. The predicted octanol–water partition coefficient (Wildman–Crippen LogP) is -0.124. The van der Waals surface area contributed by atoms with Crippen molar-refractivity contribution in [2.45, 2.75) is 31.7 Å². The Morgan fingerprint density at radius 1 is 1.11 bits per heavy atom. The number of nitrogens with one attached hydrogen (secondary N) is 1. The van der Waals surface area contributed by atoms with Gasteiger partial charge in [-0.3, -0.25) is 9.59 Å². The zero-order chi connectivity index (χ0) is 12.8. The number of rotatable bonds is 3. The molecule has 2 aliphatic rings. The van der Waals surface area contributed by atoms with Crippen molar-refractivity contribution < 1.29 is 40.9 Å². The van der Waals surface area contributed by atoms with Crippen LogP contribution in [0.25, 0.3) is 0 Å². The van der Waals surface area contributed by atoms with Gasteiger partial charge in [0.2, 0.25) is 0 Å². The minimum atomic E-state index is -0.987. The molecule has 1 aliphatic carbocycles. The van der Waals surface area contributed by atoms with Crippen molar-refractivity contribution in [3.8, 4) is 0 Å². The van der Waals surface area contributed by atoms with E-state index in [0.29, 0.717) is 18.9 Å². The molecule has 1 aliphatic heterocycles. The summed E-state index contributed by atoms with van der Waals surface area (Å²) in [4.78, 5) is 20.5. The van der Waals surface area contributed by atoms with Crippen molar-refractivity contribution >= 4 is 11.9 Å². The molecular formula is C11H20N2O4Pt+2. The second-order valence-corrected chi connectivity index (χ2v) is 4.50. The van der Waals surface area contributed by atoms with Crippen LogP contribution in [0.5, 0.6) is 0 Å². The van der Waals surface area contributed by atoms with Crippen molar-refractivity contribution in [3.05, 3.63) is 0 Å². The summed E-state index contributed by atoms with van der Waals surface area (Å²) in [5.74, 6) is -3.26. The molecule has 0 radical (unpaired) electrons. The fraction of sp³-hybridized carbons (Fsp3) is 0.818. The van der Waals surface area contributed by atoms with Gasteiger partial charge in [-0.25, -0.2) is 0 Å². The molecule has 5 N–H and O–H groups in total. The van der Waals surface area contributed by atoms with E-state index < -0.39 is 23.8 Å². The van der Waals surface area contributed by atoms with Gasteiger partial charge in [0.1, 0.15) is 0 Å². The van der Waals surface area contributed by atoms with E-state index in [4.69, 9.17) is 15.9 Å². The molecule has 1 heterocycles. The van der Waals surface area contributed by atoms with Crippen molar-refractivity contribution in [3.63, 3.8) is 0 Å². The summed E-state index contributed by atoms with van der Waals surface area (Å²) < 4.78 is 0. The van der Waals surface area contributed by atoms with Gasteiger partial charge in [-0.2, -0.15) is 0 Å². The zero-order valence-electron chi connectivity index (χ0n) is 10.1. The average molecular weight is 439 g/mol. The molecule has 6 nitrogen and oxygen atoms in total. The molecule has 0 bridgehead atoms. The minimum Gasteiger partial charge on any atom is -0.481 e. The van der Waals surface area contributed by atoms with E-state index in [0.717, 1.165) is 6.54 Å². The van der Waals surface area contributed by atoms with Crippen LogP contribution in [0.3, 0.4) is 0 Å². The molecule has 0 aromatic heterocycles. The number of carbonyl (C=O) groups is 2. The van der Waals surface area contributed by atoms with Gasteiger partial charge in [0, 0.05) is 12.6 Å². The van der Waals surface area contributed by atoms with E-state index in [2.05, 4.69) is 5.32 Å². The van der Waals surface area contributed by atoms with Gasteiger partial charge in [0.25, 0.3) is 0 Å². The minimum absolute atomic E-state index is 0. The van der Waals surface area contributed by atoms with Crippen molar-refractivity contribution in [1.82, 2.24) is 5.32 Å². The Morgan fingerprint density at radius 2 is 1.61 bits per heavy atom. The third-order valence-electron chi connectivity index (χ3n) is 3.36. The average Bonchev–Trinajstić information content (AvgIpc) is 2.66. The number of aliphatic carboxylic acids is 2. The van der Waals surface area contributed by atoms with Crippen LogP contribution in [0.15, 0.2) is 0 Å². The van der Waals surface area contributed by atoms with Crippen LogP contribution in [0.1, 0.15) is 25.7 Å². The van der Waals surface area contributed by atoms with Crippen LogP contribution in [0, 0.1) is 11.8 Å². The first-order valence-electron chi connectivity index (χ1n) is 5.95. The molecule has 1 saturated carbocycles. The van der Waals surface area contributed by atoms with Gasteiger partial charge in [0.05, 0.1) is 11.8 Å². The van der Waals surface area contributed by atoms with Crippen molar-refractivity contribution in [1.29, 1.82) is 0 Å². The Labute approximate surface area is 121 Å². The number of hydrogen-bond acceptors (Lipinski definition) is 4. The second-order valence-electron chi connectivity index (χ2n) is 4.50. The van der Waals surface area contributed by atoms with E-state index in [1.54, 1.807) is 0 Å². The van der Waals surface area contributed by atoms with E-state index in [9.17, 15) is 9.59 Å². The molecule has 0 aromatic rings. The fourth-order valence-electron chi connectivity index (χ4n) is 2.05. The van der Waals surface area contributed by atoms with E-state index in [1.807, 2.05) is 0 Å². The maximum atomic E-state index is 10.2. The number of hydrogen-bond donors (Lipinski definition) is 4. The molecule has 18 heavy (non-hydrogen) atoms. The van der Waals surface area contributed by atoms with Crippen LogP contribution in [0.4, 0.5) is 0 Å². The molecule has 7 heteroatoms. The number of carboxylic acid groups (broad SMARTS) is 2. The van der Waals surface area contributed by atoms with Crippen molar-refractivity contribution in [2.24, 2.45) is 17.6 Å². The van der Waals surface area contributed by atoms with Gasteiger partial charge in [0.15, 0.2) is 0 Å². The van der Waals surface area contributed by atoms with Crippen molar-refractivity contribution in [2.75, 3.05) is 13.1 Å². The van der Waals surface area contributed by atoms with Gasteiger partial charge < -0.3 is 21.3 Å². The Bertz CT molecular complexity index is 262. The van der Waals surface area contributed by atoms with E-state index >= 15 is 0 Å². The molecular weight excluding hydrogens is 419 g/mol. The van der Waals surface area contributed by atoms with Gasteiger partial charge in [-0.1, -0.05) is 0 Å². The molecule has 3 atom stereocenters. The first-order valence-corrected chi connectivity index (χ1v) is 5.95. The number of nitrogens with two attached hydrogens (primary N) is 1. The Hall–Kier alpha value is -0.452. The predicted molar refractivity (Wildman–Crippen MR) is 61.6 cm³/mol. The van der Waals surface area contributed by atoms with Crippen LogP contribution in [-0.2, 0) is 30.7 Å². The zero-order valence-corrected chi connectivity index (χ0v) is 12.4. The molecule has 2 rings (SSSR count). The quantitative estimate of drug-likeness (QED) is 0.488. The van der Waals surface area contributed by atoms with Crippen LogP contribution in [-0.4, -0.2) is 41.3 Å². The standard InChI is InChI=1S/C6H8O4.C5H12N2.Pt/c7-5(8)3-1-2-4(3)6(9)10;6-4-5-2-1-3-7-5;/h3-4H,1-2H2,(H,7,8)(H,9,10);5,7H,1-4,6H2;/q;;+2. The largest absolute Gasteiger partial charge is 2.00 e. The summed E-state index contributed by atoms with van der Waals surface area (Å²) >= 11 is 0. The van der Waals surface area contributed by atoms with Gasteiger partial charge in [-0.15, -0.1) is 0 Å². The first kappa shape index (κ1) is 17.5. The summed E-state index contributed by atoms with van der Waals surface area (Å²) in [6.45, 7) is 1.97. The Morgan fingerprint density at radius 3 is 1.78 bits per heavy atom. The van der Waals surface area contributed by atoms with Gasteiger partial charge in [-0.05, 0) is 32.2 Å². The summed E-state index contributed by atoms with van der Waals surface area (Å²) in [5.41, 5.74) is 5.37. The SMILES string of the molecule is NCC1CCCN1.O=C(O)C1CCC1C(=O)O.[Pt+2]. The summed E-state index contributed by atoms with van der Waals surface area (Å²) in [5, 5.41) is 20.1. The van der Waals surface area contributed by atoms with E-state index in [-0.39, 0.29) is 21.1 Å². The summed E-state index contributed by atoms with van der Waals surface area (Å²) in [6, 6.07) is 0.625. The molecule has 3 unspecified atom stereocenters. The smallest absolute Gasteiger partial charge is 0.481 e. The summed E-state index contributed by atoms with van der Waals surface area (Å²) in [7, 11) is 0. The molecule has 0 aromatic carbocycles. The topological polar surface area (TPSA) is 113 Å². The maximum Gasteiger partial charge on any atom is 2.00 e. The molecule has 0 amide bonds. The normalized spacial score (nSPS) is 29.3. The number of carboxylic acids is 2. The van der Waals surface area contributed by atoms with Crippen LogP contribution >= 0.6 is 0 Å². The molecule has 1 saturated heterocycles. The monoisotopic (exact) mass is 439 g/mol. The third-order valence-corrected chi connectivity index (χ3v) is 3.36. The Kier molecular flexibility index (Phi) is 8.40. The van der Waals surface area contributed by atoms with Gasteiger partial charge >= 0.3 is 33.0 Å². The third kappa shape index (κ3) is 5.04. The Balaban J connectivity index is 0.000000321. The van der Waals surface area contributed by atoms with E-state index in [1.165, 1.54) is 19.4 Å². The molecule has 106 valence electrons. The summed E-state index contributed by atoms with van der Waals surface area (Å²) in [6.07, 6.45) is 3.59. The first-order chi connectivity index (χ1) is 8.06. The van der Waals surface area contributed by atoms with Crippen LogP contribution in [0.2, 0.25) is 0 Å². The second kappa shape index (κ2) is 8.62. The molecule has 0 spiro atoms.